The van der Waals surface area contributed by atoms with Crippen molar-refractivity contribution < 1.29 is 9.59 Å². The molecule has 208 valence electrons. The predicted molar refractivity (Wildman–Crippen MR) is 156 cm³/mol. The number of likely N-dealkylation sites (tertiary alicyclic amines) is 1. The summed E-state index contributed by atoms with van der Waals surface area (Å²) in [5.74, 6) is -0.135. The maximum atomic E-state index is 13.6. The number of nitriles is 1. The summed E-state index contributed by atoms with van der Waals surface area (Å²) in [6, 6.07) is 12.4. The molecule has 1 N–H and O–H groups in total. The number of benzene rings is 1. The zero-order valence-corrected chi connectivity index (χ0v) is 23.3. The van der Waals surface area contributed by atoms with Gasteiger partial charge in [-0.05, 0) is 56.8 Å². The van der Waals surface area contributed by atoms with Crippen LogP contribution < -0.4 is 5.32 Å². The quantitative estimate of drug-likeness (QED) is 0.424. The molecule has 41 heavy (non-hydrogen) atoms. The third-order valence-corrected chi connectivity index (χ3v) is 8.84. The Morgan fingerprint density at radius 2 is 1.95 bits per heavy atom. The Morgan fingerprint density at radius 1 is 1.12 bits per heavy atom. The molecule has 0 saturated carbocycles. The van der Waals surface area contributed by atoms with Crippen LogP contribution in [0, 0.1) is 11.3 Å². The van der Waals surface area contributed by atoms with E-state index >= 15 is 0 Å². The summed E-state index contributed by atoms with van der Waals surface area (Å²) < 4.78 is 4.15. The van der Waals surface area contributed by atoms with Crippen LogP contribution in [0.15, 0.2) is 48.9 Å². The number of carbonyl (C=O) groups is 2. The molecule has 1 aromatic carbocycles. The van der Waals surface area contributed by atoms with Crippen molar-refractivity contribution >= 4 is 39.6 Å². The molecule has 0 spiro atoms. The number of imidazole rings is 1. The van der Waals surface area contributed by atoms with E-state index in [0.717, 1.165) is 64.9 Å². The molecule has 4 aromatic rings. The molecule has 1 saturated heterocycles. The minimum atomic E-state index is -0.135. The number of piperidine rings is 1. The van der Waals surface area contributed by atoms with Crippen molar-refractivity contribution in [1.29, 1.82) is 5.26 Å². The highest BCUT2D eigenvalue weighted by molar-refractivity contribution is 6.32. The summed E-state index contributed by atoms with van der Waals surface area (Å²) in [6.07, 6.45) is 7.72. The molecule has 3 aliphatic rings. The summed E-state index contributed by atoms with van der Waals surface area (Å²) >= 11 is 0. The lowest BCUT2D eigenvalue weighted by Crippen LogP contribution is -2.49. The van der Waals surface area contributed by atoms with Crippen molar-refractivity contribution in [3.63, 3.8) is 0 Å². The molecule has 0 unspecified atom stereocenters. The van der Waals surface area contributed by atoms with Gasteiger partial charge in [-0.2, -0.15) is 5.26 Å². The Kier molecular flexibility index (Phi) is 6.05. The molecule has 0 aliphatic carbocycles. The Bertz CT molecular complexity index is 1780. The van der Waals surface area contributed by atoms with Gasteiger partial charge in [0.15, 0.2) is 0 Å². The van der Waals surface area contributed by atoms with Gasteiger partial charge in [0.05, 0.1) is 34.6 Å². The number of hydrogen-bond acceptors (Lipinski definition) is 5. The Morgan fingerprint density at radius 3 is 2.73 bits per heavy atom. The number of aromatic nitrogens is 3. The average molecular weight is 549 g/mol. The first kappa shape index (κ1) is 25.4. The highest BCUT2D eigenvalue weighted by atomic mass is 16.2. The number of nitrogens with one attached hydrogen (secondary N) is 1. The SMILES string of the molecule is CN(C)C1CCN(C(=O)N2CCn3cc(C4=C(c5cnc6ccccn56)CNC4=O)c4cc(C#N)cc(c43)C2)CC1. The van der Waals surface area contributed by atoms with Gasteiger partial charge in [-0.3, -0.25) is 9.20 Å². The lowest BCUT2D eigenvalue weighted by Gasteiger charge is -2.37. The standard InChI is InChI=1S/C31H32N8O2/c1-35(2)22-6-9-36(10-7-22)31(41)38-12-11-37-19-25(23-14-20(15-32)13-21(18-38)29(23)37)28-24(16-34-30(28)40)26-17-33-27-5-3-4-8-39(26)27/h3-5,8,13-14,17,19,22H,6-7,9-12,16,18H2,1-2H3,(H,34,40). The zero-order chi connectivity index (χ0) is 28.2. The van der Waals surface area contributed by atoms with Crippen LogP contribution in [-0.2, 0) is 17.9 Å². The van der Waals surface area contributed by atoms with E-state index in [0.29, 0.717) is 43.4 Å². The monoisotopic (exact) mass is 548 g/mol. The van der Waals surface area contributed by atoms with Crippen LogP contribution in [0.1, 0.15) is 35.2 Å². The van der Waals surface area contributed by atoms with E-state index in [4.69, 9.17) is 0 Å². The molecule has 0 bridgehead atoms. The lowest BCUT2D eigenvalue weighted by atomic mass is 9.97. The first-order chi connectivity index (χ1) is 19.9. The van der Waals surface area contributed by atoms with Crippen LogP contribution >= 0.6 is 0 Å². The minimum Gasteiger partial charge on any atom is -0.348 e. The number of nitrogens with zero attached hydrogens (tertiary/aromatic N) is 7. The first-order valence-electron chi connectivity index (χ1n) is 14.1. The van der Waals surface area contributed by atoms with E-state index in [1.54, 1.807) is 0 Å². The van der Waals surface area contributed by atoms with Gasteiger partial charge in [0.25, 0.3) is 5.91 Å². The lowest BCUT2D eigenvalue weighted by molar-refractivity contribution is -0.114. The van der Waals surface area contributed by atoms with Crippen molar-refractivity contribution in [2.24, 2.45) is 0 Å². The zero-order valence-electron chi connectivity index (χ0n) is 23.3. The molecule has 3 aliphatic heterocycles. The van der Waals surface area contributed by atoms with Crippen LogP contribution in [0.4, 0.5) is 4.79 Å². The highest BCUT2D eigenvalue weighted by Gasteiger charge is 2.33. The second-order valence-corrected chi connectivity index (χ2v) is 11.4. The van der Waals surface area contributed by atoms with Crippen LogP contribution in [-0.4, -0.2) is 86.9 Å². The number of amides is 3. The van der Waals surface area contributed by atoms with E-state index < -0.39 is 0 Å². The first-order valence-corrected chi connectivity index (χ1v) is 14.1. The van der Waals surface area contributed by atoms with Crippen LogP contribution in [0.3, 0.4) is 0 Å². The number of urea groups is 1. The second kappa shape index (κ2) is 9.78. The predicted octanol–water partition coefficient (Wildman–Crippen LogP) is 3.16. The maximum Gasteiger partial charge on any atom is 0.320 e. The van der Waals surface area contributed by atoms with E-state index in [1.807, 2.05) is 63.1 Å². The summed E-state index contributed by atoms with van der Waals surface area (Å²) in [4.78, 5) is 37.6. The number of pyridine rings is 1. The van der Waals surface area contributed by atoms with E-state index in [1.165, 1.54) is 0 Å². The average Bonchev–Trinajstić information content (AvgIpc) is 3.65. The van der Waals surface area contributed by atoms with Gasteiger partial charge < -0.3 is 24.6 Å². The van der Waals surface area contributed by atoms with Gasteiger partial charge >= 0.3 is 6.03 Å². The molecular formula is C31H32N8O2. The fraction of sp³-hybridized carbons (Fsp3) is 0.355. The van der Waals surface area contributed by atoms with Crippen molar-refractivity contribution in [2.75, 3.05) is 40.3 Å². The largest absolute Gasteiger partial charge is 0.348 e. The number of rotatable bonds is 3. The summed E-state index contributed by atoms with van der Waals surface area (Å²) in [5, 5.41) is 13.8. The van der Waals surface area contributed by atoms with Crippen molar-refractivity contribution in [2.45, 2.75) is 32.0 Å². The van der Waals surface area contributed by atoms with Crippen LogP contribution in [0.25, 0.3) is 27.7 Å². The summed E-state index contributed by atoms with van der Waals surface area (Å²) in [6.45, 7) is 3.48. The fourth-order valence-corrected chi connectivity index (χ4v) is 6.68. The molecule has 10 nitrogen and oxygen atoms in total. The van der Waals surface area contributed by atoms with E-state index in [2.05, 4.69) is 39.9 Å². The third-order valence-electron chi connectivity index (χ3n) is 8.84. The number of carbonyl (C=O) groups excluding carboxylic acids is 2. The smallest absolute Gasteiger partial charge is 0.320 e. The molecule has 3 aromatic heterocycles. The molecule has 0 radical (unpaired) electrons. The molecule has 6 heterocycles. The van der Waals surface area contributed by atoms with Gasteiger partial charge in [-0.15, -0.1) is 0 Å². The Labute approximate surface area is 238 Å². The van der Waals surface area contributed by atoms with E-state index in [9.17, 15) is 14.9 Å². The topological polar surface area (TPSA) is 102 Å². The molecule has 1 fully saturated rings. The molecule has 0 atom stereocenters. The third kappa shape index (κ3) is 4.16. The van der Waals surface area contributed by atoms with Gasteiger partial charge in [0.2, 0.25) is 0 Å². The van der Waals surface area contributed by atoms with Crippen LogP contribution in [0.2, 0.25) is 0 Å². The number of fused-ring (bicyclic) bond motifs is 1. The van der Waals surface area contributed by atoms with E-state index in [-0.39, 0.29) is 11.9 Å². The van der Waals surface area contributed by atoms with Crippen molar-refractivity contribution in [3.05, 3.63) is 71.3 Å². The molecule has 10 heteroatoms. The maximum absolute atomic E-state index is 13.6. The van der Waals surface area contributed by atoms with Gasteiger partial charge in [-0.25, -0.2) is 9.78 Å². The number of hydrogen-bond donors (Lipinski definition) is 1. The Hall–Kier alpha value is -4.62. The molecule has 7 rings (SSSR count). The second-order valence-electron chi connectivity index (χ2n) is 11.4. The van der Waals surface area contributed by atoms with Crippen molar-refractivity contribution in [1.82, 2.24) is 34.0 Å². The summed E-state index contributed by atoms with van der Waals surface area (Å²) in [5.41, 5.74) is 6.40. The van der Waals surface area contributed by atoms with Gasteiger partial charge in [0, 0.05) is 74.2 Å². The minimum absolute atomic E-state index is 0.0523. The Balaban J connectivity index is 1.29. The highest BCUT2D eigenvalue weighted by Crippen LogP contribution is 2.38. The van der Waals surface area contributed by atoms with Gasteiger partial charge in [0.1, 0.15) is 5.65 Å². The fourth-order valence-electron chi connectivity index (χ4n) is 6.68. The van der Waals surface area contributed by atoms with Gasteiger partial charge in [-0.1, -0.05) is 6.07 Å². The molecular weight excluding hydrogens is 516 g/mol. The molecule has 3 amide bonds. The normalized spacial score (nSPS) is 18.0. The van der Waals surface area contributed by atoms with Crippen molar-refractivity contribution in [3.8, 4) is 6.07 Å². The summed E-state index contributed by atoms with van der Waals surface area (Å²) in [7, 11) is 4.19. The van der Waals surface area contributed by atoms with Crippen LogP contribution in [0.5, 0.6) is 0 Å².